The summed E-state index contributed by atoms with van der Waals surface area (Å²) in [5, 5.41) is 0. The van der Waals surface area contributed by atoms with Gasteiger partial charge in [0.1, 0.15) is 0 Å². The first-order valence-electron chi connectivity index (χ1n) is 2.41. The Morgan fingerprint density at radius 1 is 1.44 bits per heavy atom. The van der Waals surface area contributed by atoms with Gasteiger partial charge in [-0.15, -0.1) is 0 Å². The molecule has 0 saturated carbocycles. The molecule has 1 aromatic heterocycles. The van der Waals surface area contributed by atoms with E-state index >= 15 is 0 Å². The molecule has 0 unspecified atom stereocenters. The Labute approximate surface area is 51.7 Å². The molecule has 0 aliphatic heterocycles. The van der Waals surface area contributed by atoms with Crippen LogP contribution in [0.25, 0.3) is 0 Å². The summed E-state index contributed by atoms with van der Waals surface area (Å²) in [6, 6.07) is 1.02. The second-order valence-corrected chi connectivity index (χ2v) is 1.64. The van der Waals surface area contributed by atoms with Gasteiger partial charge in [0, 0.05) is 0 Å². The summed E-state index contributed by atoms with van der Waals surface area (Å²) in [4.78, 5) is 0. The van der Waals surface area contributed by atoms with E-state index in [9.17, 15) is 8.78 Å². The van der Waals surface area contributed by atoms with Gasteiger partial charge in [-0.1, -0.05) is 0 Å². The van der Waals surface area contributed by atoms with Gasteiger partial charge in [0.15, 0.2) is 0 Å². The van der Waals surface area contributed by atoms with E-state index in [1.807, 2.05) is 0 Å². The number of halogens is 2. The van der Waals surface area contributed by atoms with Crippen molar-refractivity contribution in [3.63, 3.8) is 0 Å². The molecule has 0 amide bonds. The van der Waals surface area contributed by atoms with Crippen LogP contribution >= 0.6 is 0 Å². The number of hydrogen-bond donors (Lipinski definition) is 1. The molecule has 0 aliphatic carbocycles. The molecule has 0 fully saturated rings. The topological polar surface area (TPSA) is 26.0 Å². The van der Waals surface area contributed by atoms with E-state index in [0.717, 1.165) is 6.07 Å². The summed E-state index contributed by atoms with van der Waals surface area (Å²) in [7, 11) is 0. The Morgan fingerprint density at radius 3 is 2.56 bits per heavy atom. The van der Waals surface area contributed by atoms with Gasteiger partial charge in [0.05, 0.1) is 0 Å². The predicted octanol–water partition coefficient (Wildman–Crippen LogP) is 0.885. The second-order valence-electron chi connectivity index (χ2n) is 1.64. The van der Waals surface area contributed by atoms with E-state index in [0.29, 0.717) is 0 Å². The zero-order chi connectivity index (χ0) is 6.85. The summed E-state index contributed by atoms with van der Waals surface area (Å²) in [6.07, 6.45) is 0. The molecule has 2 N–H and O–H groups in total. The molecule has 0 radical (unpaired) electrons. The van der Waals surface area contributed by atoms with E-state index in [1.165, 1.54) is 12.9 Å². The molecule has 1 aromatic rings. The van der Waals surface area contributed by atoms with Gasteiger partial charge in [-0.05, 0) is 0 Å². The minimum absolute atomic E-state index is 0.157. The van der Waals surface area contributed by atoms with Crippen LogP contribution < -0.4 is 5.73 Å². The van der Waals surface area contributed by atoms with Crippen molar-refractivity contribution < 1.29 is 8.78 Å². The van der Waals surface area contributed by atoms with Crippen LogP contribution in [0, 0.1) is 11.6 Å². The van der Waals surface area contributed by atoms with Gasteiger partial charge in [-0.25, -0.2) is 0 Å². The first-order chi connectivity index (χ1) is 4.22. The van der Waals surface area contributed by atoms with E-state index in [2.05, 4.69) is 0 Å². The number of hydrogen-bond acceptors (Lipinski definition) is 1. The van der Waals surface area contributed by atoms with Crippen LogP contribution in [0.4, 0.5) is 14.4 Å². The predicted molar refractivity (Wildman–Crippen MR) is 32.1 cm³/mol. The van der Waals surface area contributed by atoms with Crippen molar-refractivity contribution in [3.05, 3.63) is 23.7 Å². The molecule has 0 spiro atoms. The molecule has 0 aliphatic rings. The van der Waals surface area contributed by atoms with Crippen LogP contribution in [0.15, 0.2) is 12.0 Å². The molecule has 0 bridgehead atoms. The average molecular weight is 127 g/mol. The van der Waals surface area contributed by atoms with Crippen molar-refractivity contribution in [2.24, 2.45) is 0 Å². The van der Waals surface area contributed by atoms with Crippen LogP contribution in [0.3, 0.4) is 0 Å². The molecule has 1 heterocycles. The van der Waals surface area contributed by atoms with Crippen LogP contribution in [-0.2, 0) is 0 Å². The zero-order valence-electron chi connectivity index (χ0n) is 4.57. The third-order valence-corrected chi connectivity index (χ3v) is 0.981. The summed E-state index contributed by atoms with van der Waals surface area (Å²) in [6.45, 7) is 1.30. The maximum absolute atomic E-state index is 12.2. The fourth-order valence-corrected chi connectivity index (χ4v) is 0.520. The monoisotopic (exact) mass is 127 g/mol. The normalized spacial score (nSPS) is 9.11. The average Bonchev–Trinajstić information content (AvgIpc) is 1.83. The summed E-state index contributed by atoms with van der Waals surface area (Å²) >= 11 is 0. The summed E-state index contributed by atoms with van der Waals surface area (Å²) in [5.74, 6) is -0.527. The first kappa shape index (κ1) is 6.20. The number of nitrogen functional groups attached to an aromatic ring is 1. The van der Waals surface area contributed by atoms with Crippen molar-refractivity contribution in [1.29, 1.82) is 0 Å². The maximum atomic E-state index is 12.2. The van der Waals surface area contributed by atoms with Gasteiger partial charge >= 0.3 is 50.7 Å². The molecule has 1 nitrogen and oxygen atoms in total. The minimum atomic E-state index is -0.975. The standard InChI is InChI=1S/C5H4BF2N/c7-3-1-2-6-5(9)4(3)8/h1-2H,9H2. The van der Waals surface area contributed by atoms with Gasteiger partial charge < -0.3 is 0 Å². The molecule has 46 valence electrons. The number of nitrogens with two attached hydrogens (primary N) is 1. The molecular formula is C5H4BF2N. The molecule has 4 heteroatoms. The van der Waals surface area contributed by atoms with Crippen LogP contribution in [0.2, 0.25) is 0 Å². The van der Waals surface area contributed by atoms with Crippen LogP contribution in [0.1, 0.15) is 0 Å². The molecule has 0 atom stereocenters. The Hall–Kier alpha value is -0.925. The van der Waals surface area contributed by atoms with Gasteiger partial charge in [0.2, 0.25) is 0 Å². The van der Waals surface area contributed by atoms with E-state index in [4.69, 9.17) is 5.73 Å². The summed E-state index contributed by atoms with van der Waals surface area (Å²) in [5.41, 5.74) is 4.85. The van der Waals surface area contributed by atoms with Gasteiger partial charge in [-0.2, -0.15) is 0 Å². The molecule has 1 rings (SSSR count). The second kappa shape index (κ2) is 2.13. The molecule has 0 saturated heterocycles. The Balaban J connectivity index is 3.25. The molecule has 0 aromatic carbocycles. The quantitative estimate of drug-likeness (QED) is 0.549. The Kier molecular flexibility index (Phi) is 1.47. The fourth-order valence-electron chi connectivity index (χ4n) is 0.520. The van der Waals surface area contributed by atoms with Crippen molar-refractivity contribution in [2.75, 3.05) is 5.73 Å². The van der Waals surface area contributed by atoms with Crippen molar-refractivity contribution in [1.82, 2.24) is 0 Å². The van der Waals surface area contributed by atoms with E-state index in [-0.39, 0.29) is 5.58 Å². The third-order valence-electron chi connectivity index (χ3n) is 0.981. The van der Waals surface area contributed by atoms with Crippen LogP contribution in [-0.4, -0.2) is 6.91 Å². The first-order valence-corrected chi connectivity index (χ1v) is 2.41. The fraction of sp³-hybridized carbons (Fsp3) is 0. The number of rotatable bonds is 0. The molecule has 9 heavy (non-hydrogen) atoms. The van der Waals surface area contributed by atoms with Crippen molar-refractivity contribution in [2.45, 2.75) is 0 Å². The Morgan fingerprint density at radius 2 is 2.11 bits per heavy atom. The van der Waals surface area contributed by atoms with Crippen LogP contribution in [0.5, 0.6) is 0 Å². The van der Waals surface area contributed by atoms with Gasteiger partial charge in [-0.3, -0.25) is 0 Å². The molecular weight excluding hydrogens is 123 g/mol. The third kappa shape index (κ3) is 1.07. The summed E-state index contributed by atoms with van der Waals surface area (Å²) < 4.78 is 24.4. The Bertz CT molecular complexity index is 206. The zero-order valence-corrected chi connectivity index (χ0v) is 4.57. The van der Waals surface area contributed by atoms with E-state index in [1.54, 1.807) is 0 Å². The van der Waals surface area contributed by atoms with Gasteiger partial charge in [0.25, 0.3) is 0 Å². The number of anilines is 1. The SMILES string of the molecule is Nc1bccc(F)c1F. The van der Waals surface area contributed by atoms with E-state index < -0.39 is 11.6 Å². The van der Waals surface area contributed by atoms with Crippen molar-refractivity contribution in [3.8, 4) is 0 Å². The van der Waals surface area contributed by atoms with Crippen molar-refractivity contribution >= 4 is 12.5 Å².